The van der Waals surface area contributed by atoms with E-state index in [0.29, 0.717) is 12.0 Å². The molecule has 102 valence electrons. The zero-order chi connectivity index (χ0) is 14.8. The Labute approximate surface area is 115 Å². The highest BCUT2D eigenvalue weighted by Gasteiger charge is 2.30. The van der Waals surface area contributed by atoms with Gasteiger partial charge >= 0.3 is 6.18 Å². The molecule has 0 saturated carbocycles. The van der Waals surface area contributed by atoms with Gasteiger partial charge in [-0.25, -0.2) is 0 Å². The maximum absolute atomic E-state index is 12.7. The Morgan fingerprint density at radius 3 is 2.45 bits per heavy atom. The van der Waals surface area contributed by atoms with E-state index < -0.39 is 11.7 Å². The van der Waals surface area contributed by atoms with Crippen LogP contribution in [-0.4, -0.2) is 0 Å². The number of nitrogens with zero attached hydrogens (tertiary/aromatic N) is 1. The topological polar surface area (TPSA) is 23.8 Å². The predicted octanol–water partition coefficient (Wildman–Crippen LogP) is 4.75. The summed E-state index contributed by atoms with van der Waals surface area (Å²) in [5.74, 6) is 0. The minimum atomic E-state index is -4.34. The van der Waals surface area contributed by atoms with Crippen LogP contribution in [0.25, 0.3) is 11.1 Å². The molecule has 0 atom stereocenters. The maximum Gasteiger partial charge on any atom is 0.416 e. The zero-order valence-electron chi connectivity index (χ0n) is 10.8. The summed E-state index contributed by atoms with van der Waals surface area (Å²) < 4.78 is 38.1. The average molecular weight is 275 g/mol. The van der Waals surface area contributed by atoms with E-state index in [4.69, 9.17) is 5.26 Å². The fraction of sp³-hybridized carbons (Fsp3) is 0.188. The van der Waals surface area contributed by atoms with Crippen molar-refractivity contribution in [3.63, 3.8) is 0 Å². The number of rotatable bonds is 2. The van der Waals surface area contributed by atoms with Crippen LogP contribution in [0.5, 0.6) is 0 Å². The number of halogens is 3. The number of nitriles is 1. The Bertz CT molecular complexity index is 666. The van der Waals surface area contributed by atoms with E-state index in [9.17, 15) is 13.2 Å². The van der Waals surface area contributed by atoms with Crippen molar-refractivity contribution in [2.75, 3.05) is 0 Å². The lowest BCUT2D eigenvalue weighted by Gasteiger charge is -2.11. The van der Waals surface area contributed by atoms with Crippen molar-refractivity contribution < 1.29 is 13.2 Å². The summed E-state index contributed by atoms with van der Waals surface area (Å²) in [5, 5.41) is 8.65. The first kappa shape index (κ1) is 14.1. The van der Waals surface area contributed by atoms with Crippen LogP contribution in [0.2, 0.25) is 0 Å². The molecule has 0 spiro atoms. The zero-order valence-corrected chi connectivity index (χ0v) is 10.8. The molecule has 2 aromatic carbocycles. The molecule has 0 fully saturated rings. The minimum absolute atomic E-state index is 0.295. The van der Waals surface area contributed by atoms with Crippen LogP contribution >= 0.6 is 0 Å². The van der Waals surface area contributed by atoms with Crippen LogP contribution in [0.1, 0.15) is 16.7 Å². The number of aryl methyl sites for hydroxylation is 1. The molecule has 0 aromatic heterocycles. The van der Waals surface area contributed by atoms with E-state index >= 15 is 0 Å². The lowest BCUT2D eigenvalue weighted by atomic mass is 9.96. The smallest absolute Gasteiger partial charge is 0.198 e. The van der Waals surface area contributed by atoms with Gasteiger partial charge in [-0.15, -0.1) is 0 Å². The molecule has 0 aliphatic rings. The Morgan fingerprint density at radius 1 is 1.10 bits per heavy atom. The fourth-order valence-electron chi connectivity index (χ4n) is 2.11. The normalized spacial score (nSPS) is 11.2. The summed E-state index contributed by atoms with van der Waals surface area (Å²) in [6.45, 7) is 1.83. The van der Waals surface area contributed by atoms with Crippen molar-refractivity contribution in [2.45, 2.75) is 19.5 Å². The Hall–Kier alpha value is -2.28. The van der Waals surface area contributed by atoms with Gasteiger partial charge in [0.1, 0.15) is 0 Å². The van der Waals surface area contributed by atoms with E-state index in [1.165, 1.54) is 6.07 Å². The van der Waals surface area contributed by atoms with Crippen LogP contribution < -0.4 is 0 Å². The van der Waals surface area contributed by atoms with E-state index in [1.807, 2.05) is 13.0 Å². The van der Waals surface area contributed by atoms with E-state index in [0.717, 1.165) is 28.8 Å². The van der Waals surface area contributed by atoms with Crippen molar-refractivity contribution >= 4 is 0 Å². The molecule has 4 heteroatoms. The molecule has 0 bridgehead atoms. The molecule has 0 saturated heterocycles. The van der Waals surface area contributed by atoms with Crippen molar-refractivity contribution in [3.8, 4) is 17.2 Å². The van der Waals surface area contributed by atoms with Gasteiger partial charge in [-0.05, 0) is 41.3 Å². The predicted molar refractivity (Wildman–Crippen MR) is 70.9 cm³/mol. The van der Waals surface area contributed by atoms with Crippen molar-refractivity contribution in [1.82, 2.24) is 0 Å². The molecule has 0 heterocycles. The summed E-state index contributed by atoms with van der Waals surface area (Å²) in [5.41, 5.74) is 2.34. The molecule has 0 amide bonds. The van der Waals surface area contributed by atoms with Gasteiger partial charge in [-0.3, -0.25) is 0 Å². The lowest BCUT2D eigenvalue weighted by molar-refractivity contribution is -0.137. The Kier molecular flexibility index (Phi) is 3.80. The van der Waals surface area contributed by atoms with E-state index in [1.54, 1.807) is 18.2 Å². The summed E-state index contributed by atoms with van der Waals surface area (Å²) in [6, 6.07) is 12.7. The maximum atomic E-state index is 12.7. The minimum Gasteiger partial charge on any atom is -0.198 e. The first-order chi connectivity index (χ1) is 9.41. The molecular formula is C16H12F3N. The van der Waals surface area contributed by atoms with Gasteiger partial charge in [0.15, 0.2) is 0 Å². The molecule has 2 rings (SSSR count). The second-order valence-electron chi connectivity index (χ2n) is 4.56. The van der Waals surface area contributed by atoms with Crippen LogP contribution in [-0.2, 0) is 12.6 Å². The van der Waals surface area contributed by atoms with Gasteiger partial charge in [0, 0.05) is 0 Å². The Morgan fingerprint density at radius 2 is 1.85 bits per heavy atom. The van der Waals surface area contributed by atoms with Crippen molar-refractivity contribution in [1.29, 1.82) is 5.26 Å². The second-order valence-corrected chi connectivity index (χ2v) is 4.56. The third-order valence-corrected chi connectivity index (χ3v) is 3.07. The summed E-state index contributed by atoms with van der Waals surface area (Å²) in [7, 11) is 0. The van der Waals surface area contributed by atoms with Gasteiger partial charge in [-0.1, -0.05) is 30.3 Å². The van der Waals surface area contributed by atoms with Crippen LogP contribution in [0.15, 0.2) is 42.5 Å². The lowest BCUT2D eigenvalue weighted by Crippen LogP contribution is -2.04. The largest absolute Gasteiger partial charge is 0.416 e. The fourth-order valence-corrected chi connectivity index (χ4v) is 2.11. The van der Waals surface area contributed by atoms with Gasteiger partial charge in [0.25, 0.3) is 0 Å². The molecule has 0 N–H and O–H groups in total. The number of alkyl halides is 3. The SMILES string of the molecule is Cc1cc(CC#N)ccc1-c1cccc(C(F)(F)F)c1. The van der Waals surface area contributed by atoms with Gasteiger partial charge in [0.2, 0.25) is 0 Å². The molecule has 0 aliphatic carbocycles. The van der Waals surface area contributed by atoms with Gasteiger partial charge in [0.05, 0.1) is 18.1 Å². The molecule has 0 unspecified atom stereocenters. The first-order valence-corrected chi connectivity index (χ1v) is 6.06. The first-order valence-electron chi connectivity index (χ1n) is 6.06. The third-order valence-electron chi connectivity index (χ3n) is 3.07. The highest BCUT2D eigenvalue weighted by atomic mass is 19.4. The van der Waals surface area contributed by atoms with E-state index in [-0.39, 0.29) is 0 Å². The Balaban J connectivity index is 2.45. The standard InChI is InChI=1S/C16H12F3N/c1-11-9-12(7-8-20)5-6-15(11)13-3-2-4-14(10-13)16(17,18)19/h2-6,9-10H,7H2,1H3. The molecule has 0 aliphatic heterocycles. The third kappa shape index (κ3) is 3.00. The molecule has 1 nitrogen and oxygen atoms in total. The molecular weight excluding hydrogens is 263 g/mol. The summed E-state index contributed by atoms with van der Waals surface area (Å²) in [4.78, 5) is 0. The highest BCUT2D eigenvalue weighted by molar-refractivity contribution is 5.68. The molecule has 20 heavy (non-hydrogen) atoms. The summed E-state index contributed by atoms with van der Waals surface area (Å²) in [6.07, 6.45) is -4.05. The second kappa shape index (κ2) is 5.38. The van der Waals surface area contributed by atoms with Crippen molar-refractivity contribution in [2.24, 2.45) is 0 Å². The summed E-state index contributed by atoms with van der Waals surface area (Å²) >= 11 is 0. The molecule has 2 aromatic rings. The van der Waals surface area contributed by atoms with Crippen molar-refractivity contribution in [3.05, 3.63) is 59.2 Å². The van der Waals surface area contributed by atoms with E-state index in [2.05, 4.69) is 6.07 Å². The van der Waals surface area contributed by atoms with Crippen LogP contribution in [0.4, 0.5) is 13.2 Å². The average Bonchev–Trinajstić information content (AvgIpc) is 2.38. The quantitative estimate of drug-likeness (QED) is 0.776. The number of hydrogen-bond acceptors (Lipinski definition) is 1. The van der Waals surface area contributed by atoms with Crippen LogP contribution in [0.3, 0.4) is 0 Å². The van der Waals surface area contributed by atoms with Gasteiger partial charge < -0.3 is 0 Å². The number of benzene rings is 2. The monoisotopic (exact) mass is 275 g/mol. The molecule has 0 radical (unpaired) electrons. The number of hydrogen-bond donors (Lipinski definition) is 0. The van der Waals surface area contributed by atoms with Gasteiger partial charge in [-0.2, -0.15) is 18.4 Å². The van der Waals surface area contributed by atoms with Crippen LogP contribution in [0, 0.1) is 18.3 Å². The highest BCUT2D eigenvalue weighted by Crippen LogP contribution is 2.33.